The quantitative estimate of drug-likeness (QED) is 0.853. The largest absolute Gasteiger partial charge is 0.480 e. The van der Waals surface area contributed by atoms with Crippen molar-refractivity contribution in [2.45, 2.75) is 19.1 Å². The first kappa shape index (κ1) is 15.0. The van der Waals surface area contributed by atoms with Crippen molar-refractivity contribution in [3.63, 3.8) is 0 Å². The van der Waals surface area contributed by atoms with Gasteiger partial charge in [-0.3, -0.25) is 0 Å². The Morgan fingerprint density at radius 2 is 2.10 bits per heavy atom. The molecule has 2 N–H and O–H groups in total. The van der Waals surface area contributed by atoms with Crippen LogP contribution >= 0.6 is 11.3 Å². The van der Waals surface area contributed by atoms with Crippen LogP contribution in [0.1, 0.15) is 11.3 Å². The summed E-state index contributed by atoms with van der Waals surface area (Å²) >= 11 is 1.37. The number of nitrogens with one attached hydrogen (secondary N) is 1. The molecule has 0 bridgehead atoms. The molecule has 1 amide bonds. The van der Waals surface area contributed by atoms with E-state index in [1.54, 1.807) is 10.9 Å². The third-order valence-corrected chi connectivity index (χ3v) is 3.33. The van der Waals surface area contributed by atoms with Gasteiger partial charge in [-0.05, 0) is 5.56 Å². The molecule has 0 spiro atoms. The zero-order valence-corrected chi connectivity index (χ0v) is 11.9. The Morgan fingerprint density at radius 1 is 1.33 bits per heavy atom. The zero-order valence-electron chi connectivity index (χ0n) is 11.1. The van der Waals surface area contributed by atoms with Gasteiger partial charge in [0.25, 0.3) is 0 Å². The van der Waals surface area contributed by atoms with E-state index in [0.717, 1.165) is 5.56 Å². The van der Waals surface area contributed by atoms with Crippen molar-refractivity contribution < 1.29 is 19.4 Å². The van der Waals surface area contributed by atoms with E-state index in [1.807, 2.05) is 30.3 Å². The smallest absolute Gasteiger partial charge is 0.408 e. The fourth-order valence-corrected chi connectivity index (χ4v) is 2.23. The van der Waals surface area contributed by atoms with Gasteiger partial charge in [0.05, 0.1) is 11.2 Å². The molecule has 2 aromatic rings. The molecule has 1 atom stereocenters. The number of rotatable bonds is 6. The summed E-state index contributed by atoms with van der Waals surface area (Å²) in [5, 5.41) is 13.2. The Balaban J connectivity index is 1.85. The lowest BCUT2D eigenvalue weighted by atomic mass is 10.2. The summed E-state index contributed by atoms with van der Waals surface area (Å²) in [5.41, 5.74) is 3.07. The summed E-state index contributed by atoms with van der Waals surface area (Å²) in [6.45, 7) is 0.0930. The normalized spacial score (nSPS) is 11.6. The Bertz CT molecular complexity index is 586. The van der Waals surface area contributed by atoms with Gasteiger partial charge >= 0.3 is 12.1 Å². The molecule has 0 aliphatic heterocycles. The predicted octanol–water partition coefficient (Wildman–Crippen LogP) is 2.07. The number of aromatic nitrogens is 1. The van der Waals surface area contributed by atoms with Crippen molar-refractivity contribution in [2.24, 2.45) is 0 Å². The predicted molar refractivity (Wildman–Crippen MR) is 77.0 cm³/mol. The van der Waals surface area contributed by atoms with Gasteiger partial charge in [0.2, 0.25) is 0 Å². The van der Waals surface area contributed by atoms with Gasteiger partial charge in [0.1, 0.15) is 12.6 Å². The first-order chi connectivity index (χ1) is 10.1. The molecule has 0 saturated carbocycles. The standard InChI is InChI=1S/C14H14N2O4S/c17-13(18)12(6-11-8-21-9-15-11)16-14(19)20-7-10-4-2-1-3-5-10/h1-5,8-9,12H,6-7H2,(H,16,19)(H,17,18)/t12-/m0/s1. The second-order valence-corrected chi connectivity index (χ2v) is 5.00. The summed E-state index contributed by atoms with van der Waals surface area (Å²) in [5.74, 6) is -1.13. The van der Waals surface area contributed by atoms with E-state index >= 15 is 0 Å². The third-order valence-electron chi connectivity index (χ3n) is 2.70. The van der Waals surface area contributed by atoms with Crippen LogP contribution in [-0.4, -0.2) is 28.2 Å². The molecule has 6 nitrogen and oxygen atoms in total. The number of carboxylic acids is 1. The van der Waals surface area contributed by atoms with Crippen LogP contribution in [0.3, 0.4) is 0 Å². The lowest BCUT2D eigenvalue weighted by Crippen LogP contribution is -2.42. The van der Waals surface area contributed by atoms with Gasteiger partial charge in [-0.1, -0.05) is 30.3 Å². The number of nitrogens with zero attached hydrogens (tertiary/aromatic N) is 1. The van der Waals surface area contributed by atoms with Crippen molar-refractivity contribution >= 4 is 23.4 Å². The van der Waals surface area contributed by atoms with Crippen molar-refractivity contribution in [2.75, 3.05) is 0 Å². The molecule has 1 aromatic heterocycles. The molecule has 0 saturated heterocycles. The number of hydrogen-bond acceptors (Lipinski definition) is 5. The molecule has 1 aromatic carbocycles. The second-order valence-electron chi connectivity index (χ2n) is 4.28. The maximum absolute atomic E-state index is 11.6. The molecular formula is C14H14N2O4S. The van der Waals surface area contributed by atoms with Crippen LogP contribution in [-0.2, 0) is 22.6 Å². The van der Waals surface area contributed by atoms with E-state index in [1.165, 1.54) is 11.3 Å². The summed E-state index contributed by atoms with van der Waals surface area (Å²) in [4.78, 5) is 26.8. The molecule has 0 fully saturated rings. The fourth-order valence-electron chi connectivity index (χ4n) is 1.65. The minimum atomic E-state index is -1.13. The van der Waals surface area contributed by atoms with Crippen LogP contribution < -0.4 is 5.32 Å². The van der Waals surface area contributed by atoms with E-state index in [0.29, 0.717) is 5.69 Å². The van der Waals surface area contributed by atoms with Crippen LogP contribution in [0.4, 0.5) is 4.79 Å². The number of carboxylic acid groups (broad SMARTS) is 1. The minimum absolute atomic E-state index is 0.0930. The fraction of sp³-hybridized carbons (Fsp3) is 0.214. The first-order valence-electron chi connectivity index (χ1n) is 6.22. The summed E-state index contributed by atoms with van der Waals surface area (Å²) in [6.07, 6.45) is -0.638. The van der Waals surface area contributed by atoms with E-state index in [-0.39, 0.29) is 13.0 Å². The van der Waals surface area contributed by atoms with Crippen LogP contribution in [0.15, 0.2) is 41.2 Å². The molecule has 21 heavy (non-hydrogen) atoms. The Morgan fingerprint density at radius 3 is 2.71 bits per heavy atom. The van der Waals surface area contributed by atoms with Crippen LogP contribution in [0, 0.1) is 0 Å². The maximum atomic E-state index is 11.6. The third kappa shape index (κ3) is 4.88. The van der Waals surface area contributed by atoms with Crippen LogP contribution in [0.2, 0.25) is 0 Å². The Kier molecular flexibility index (Phi) is 5.28. The second kappa shape index (κ2) is 7.39. The number of thiazole rings is 1. The number of alkyl carbamates (subject to hydrolysis) is 1. The maximum Gasteiger partial charge on any atom is 0.408 e. The van der Waals surface area contributed by atoms with Crippen molar-refractivity contribution in [3.05, 3.63) is 52.5 Å². The van der Waals surface area contributed by atoms with E-state index in [2.05, 4.69) is 10.3 Å². The monoisotopic (exact) mass is 306 g/mol. The number of amides is 1. The van der Waals surface area contributed by atoms with Gasteiger partial charge < -0.3 is 15.2 Å². The Hall–Kier alpha value is -2.41. The zero-order chi connectivity index (χ0) is 15.1. The van der Waals surface area contributed by atoms with Gasteiger partial charge in [0.15, 0.2) is 0 Å². The van der Waals surface area contributed by atoms with E-state index in [9.17, 15) is 9.59 Å². The molecule has 0 aliphatic carbocycles. The van der Waals surface area contributed by atoms with Crippen molar-refractivity contribution in [1.29, 1.82) is 0 Å². The minimum Gasteiger partial charge on any atom is -0.480 e. The molecule has 0 radical (unpaired) electrons. The molecule has 2 rings (SSSR count). The molecule has 7 heteroatoms. The average Bonchev–Trinajstić information content (AvgIpc) is 2.98. The number of hydrogen-bond donors (Lipinski definition) is 2. The van der Waals surface area contributed by atoms with Gasteiger partial charge in [-0.15, -0.1) is 11.3 Å². The number of ether oxygens (including phenoxy) is 1. The van der Waals surface area contributed by atoms with Crippen molar-refractivity contribution in [3.8, 4) is 0 Å². The van der Waals surface area contributed by atoms with E-state index in [4.69, 9.17) is 9.84 Å². The highest BCUT2D eigenvalue weighted by molar-refractivity contribution is 7.07. The summed E-state index contributed by atoms with van der Waals surface area (Å²) in [7, 11) is 0. The van der Waals surface area contributed by atoms with E-state index < -0.39 is 18.1 Å². The highest BCUT2D eigenvalue weighted by Crippen LogP contribution is 2.06. The molecule has 0 aliphatic rings. The molecular weight excluding hydrogens is 292 g/mol. The highest BCUT2D eigenvalue weighted by Gasteiger charge is 2.21. The lowest BCUT2D eigenvalue weighted by Gasteiger charge is -2.13. The summed E-state index contributed by atoms with van der Waals surface area (Å²) in [6, 6.07) is 8.10. The van der Waals surface area contributed by atoms with Gasteiger partial charge in [-0.2, -0.15) is 0 Å². The molecule has 0 unspecified atom stereocenters. The van der Waals surface area contributed by atoms with Gasteiger partial charge in [0, 0.05) is 11.8 Å². The van der Waals surface area contributed by atoms with Crippen LogP contribution in [0.25, 0.3) is 0 Å². The van der Waals surface area contributed by atoms with Crippen molar-refractivity contribution in [1.82, 2.24) is 10.3 Å². The number of aliphatic carboxylic acids is 1. The Labute approximate surface area is 125 Å². The number of carbonyl (C=O) groups excluding carboxylic acids is 1. The highest BCUT2D eigenvalue weighted by atomic mass is 32.1. The topological polar surface area (TPSA) is 88.5 Å². The summed E-state index contributed by atoms with van der Waals surface area (Å²) < 4.78 is 5.00. The average molecular weight is 306 g/mol. The van der Waals surface area contributed by atoms with Gasteiger partial charge in [-0.25, -0.2) is 14.6 Å². The SMILES string of the molecule is O=C(N[C@@H](Cc1cscn1)C(=O)O)OCc1ccccc1. The number of benzene rings is 1. The lowest BCUT2D eigenvalue weighted by molar-refractivity contribution is -0.139. The number of carbonyl (C=O) groups is 2. The molecule has 110 valence electrons. The first-order valence-corrected chi connectivity index (χ1v) is 7.16. The van der Waals surface area contributed by atoms with Crippen LogP contribution in [0.5, 0.6) is 0 Å². The molecule has 1 heterocycles.